The Morgan fingerprint density at radius 1 is 1.04 bits per heavy atom. The lowest BCUT2D eigenvalue weighted by Gasteiger charge is -2.33. The molecule has 0 radical (unpaired) electrons. The number of amides is 1. The molecule has 4 rings (SSSR count). The van der Waals surface area contributed by atoms with Crippen LogP contribution in [0.4, 0.5) is 0 Å². The van der Waals surface area contributed by atoms with Gasteiger partial charge in [-0.3, -0.25) is 4.79 Å². The van der Waals surface area contributed by atoms with E-state index in [-0.39, 0.29) is 18.3 Å². The van der Waals surface area contributed by atoms with E-state index in [0.717, 1.165) is 56.3 Å². The molecule has 1 aromatic rings. The summed E-state index contributed by atoms with van der Waals surface area (Å²) in [5.74, 6) is 2.49. The highest BCUT2D eigenvalue weighted by Crippen LogP contribution is 2.31. The number of ether oxygens (including phenoxy) is 1. The number of nitrogens with zero attached hydrogens (tertiary/aromatic N) is 1. The van der Waals surface area contributed by atoms with Crippen molar-refractivity contribution in [2.75, 3.05) is 26.2 Å². The van der Waals surface area contributed by atoms with Gasteiger partial charge in [0.05, 0.1) is 12.2 Å². The fourth-order valence-electron chi connectivity index (χ4n) is 3.37. The van der Waals surface area contributed by atoms with Gasteiger partial charge >= 0.3 is 0 Å². The standard InChI is InChI=1S/C20H28N2O2.ClH/c23-20(18-3-1-2-4-19(18)24-14-16-7-8-16)22-11-9-17(10-12-22)21-13-15-5-6-15;/h1-4,15-17,21H,5-14H2;1H. The summed E-state index contributed by atoms with van der Waals surface area (Å²) in [6, 6.07) is 8.30. The molecule has 4 nitrogen and oxygen atoms in total. The molecule has 1 amide bonds. The minimum atomic E-state index is 0. The van der Waals surface area contributed by atoms with Crippen LogP contribution in [0.1, 0.15) is 48.9 Å². The monoisotopic (exact) mass is 364 g/mol. The molecule has 0 unspecified atom stereocenters. The highest BCUT2D eigenvalue weighted by Gasteiger charge is 2.28. The Hall–Kier alpha value is -1.26. The minimum absolute atomic E-state index is 0. The van der Waals surface area contributed by atoms with Crippen LogP contribution in [0.2, 0.25) is 0 Å². The zero-order chi connectivity index (χ0) is 16.4. The molecule has 2 saturated carbocycles. The van der Waals surface area contributed by atoms with Crippen LogP contribution >= 0.6 is 12.4 Å². The molecule has 2 aliphatic carbocycles. The van der Waals surface area contributed by atoms with E-state index >= 15 is 0 Å². The van der Waals surface area contributed by atoms with Gasteiger partial charge in [0.1, 0.15) is 5.75 Å². The number of hydrogen-bond acceptors (Lipinski definition) is 3. The normalized spacial score (nSPS) is 20.9. The number of nitrogens with one attached hydrogen (secondary N) is 1. The Kier molecular flexibility index (Phi) is 6.24. The van der Waals surface area contributed by atoms with E-state index in [1.165, 1.54) is 25.7 Å². The first-order chi connectivity index (χ1) is 11.8. The number of likely N-dealkylation sites (tertiary alicyclic amines) is 1. The summed E-state index contributed by atoms with van der Waals surface area (Å²) < 4.78 is 5.91. The molecule has 0 spiro atoms. The molecule has 1 aliphatic heterocycles. The van der Waals surface area contributed by atoms with Gasteiger partial charge in [-0.05, 0) is 69.0 Å². The molecular formula is C20H29ClN2O2. The van der Waals surface area contributed by atoms with Gasteiger partial charge in [-0.15, -0.1) is 12.4 Å². The Balaban J connectivity index is 0.00000182. The molecule has 0 atom stereocenters. The van der Waals surface area contributed by atoms with Gasteiger partial charge in [-0.2, -0.15) is 0 Å². The molecule has 3 aliphatic rings. The molecule has 138 valence electrons. The number of halogens is 1. The van der Waals surface area contributed by atoms with Crippen LogP contribution in [-0.2, 0) is 0 Å². The third-order valence-electron chi connectivity index (χ3n) is 5.46. The smallest absolute Gasteiger partial charge is 0.257 e. The second-order valence-electron chi connectivity index (χ2n) is 7.67. The highest BCUT2D eigenvalue weighted by molar-refractivity contribution is 5.97. The summed E-state index contributed by atoms with van der Waals surface area (Å²) in [5, 5.41) is 3.67. The molecule has 3 fully saturated rings. The number of carbonyl (C=O) groups excluding carboxylic acids is 1. The topological polar surface area (TPSA) is 41.6 Å². The average molecular weight is 365 g/mol. The van der Waals surface area contributed by atoms with Crippen LogP contribution in [0.25, 0.3) is 0 Å². The van der Waals surface area contributed by atoms with E-state index in [1.807, 2.05) is 29.2 Å². The number of benzene rings is 1. The van der Waals surface area contributed by atoms with Gasteiger partial charge in [0.2, 0.25) is 0 Å². The van der Waals surface area contributed by atoms with Crippen molar-refractivity contribution in [1.29, 1.82) is 0 Å². The fraction of sp³-hybridized carbons (Fsp3) is 0.650. The van der Waals surface area contributed by atoms with Gasteiger partial charge < -0.3 is 15.0 Å². The SMILES string of the molecule is Cl.O=C(c1ccccc1OCC1CC1)N1CCC(NCC2CC2)CC1. The number of carbonyl (C=O) groups is 1. The van der Waals surface area contributed by atoms with Crippen molar-refractivity contribution in [3.05, 3.63) is 29.8 Å². The molecule has 1 saturated heterocycles. The molecule has 0 bridgehead atoms. The Morgan fingerprint density at radius 3 is 2.40 bits per heavy atom. The minimum Gasteiger partial charge on any atom is -0.492 e. The Labute approximate surface area is 156 Å². The zero-order valence-corrected chi connectivity index (χ0v) is 15.6. The Bertz CT molecular complexity index is 579. The third kappa shape index (κ3) is 5.11. The van der Waals surface area contributed by atoms with Gasteiger partial charge in [-0.1, -0.05) is 12.1 Å². The van der Waals surface area contributed by atoms with Gasteiger partial charge in [-0.25, -0.2) is 0 Å². The van der Waals surface area contributed by atoms with Crippen LogP contribution < -0.4 is 10.1 Å². The lowest BCUT2D eigenvalue weighted by atomic mass is 10.0. The lowest BCUT2D eigenvalue weighted by molar-refractivity contribution is 0.0700. The van der Waals surface area contributed by atoms with Gasteiger partial charge in [0.25, 0.3) is 5.91 Å². The van der Waals surface area contributed by atoms with E-state index in [2.05, 4.69) is 5.32 Å². The molecular weight excluding hydrogens is 336 g/mol. The maximum Gasteiger partial charge on any atom is 0.257 e. The fourth-order valence-corrected chi connectivity index (χ4v) is 3.37. The quantitative estimate of drug-likeness (QED) is 0.805. The van der Waals surface area contributed by atoms with E-state index in [1.54, 1.807) is 0 Å². The van der Waals surface area contributed by atoms with Crippen LogP contribution in [0.3, 0.4) is 0 Å². The summed E-state index contributed by atoms with van der Waals surface area (Å²) in [7, 11) is 0. The van der Waals surface area contributed by atoms with Crippen LogP contribution in [0, 0.1) is 11.8 Å². The van der Waals surface area contributed by atoms with E-state index in [4.69, 9.17) is 4.74 Å². The Morgan fingerprint density at radius 2 is 1.72 bits per heavy atom. The van der Waals surface area contributed by atoms with Gasteiger partial charge in [0, 0.05) is 19.1 Å². The van der Waals surface area contributed by atoms with E-state index in [9.17, 15) is 4.79 Å². The number of para-hydroxylation sites is 1. The zero-order valence-electron chi connectivity index (χ0n) is 14.8. The van der Waals surface area contributed by atoms with Crippen LogP contribution in [0.5, 0.6) is 5.75 Å². The van der Waals surface area contributed by atoms with Crippen molar-refractivity contribution in [2.45, 2.75) is 44.6 Å². The predicted molar refractivity (Wildman–Crippen MR) is 102 cm³/mol. The first-order valence-corrected chi connectivity index (χ1v) is 9.54. The summed E-state index contributed by atoms with van der Waals surface area (Å²) in [5.41, 5.74) is 0.725. The molecule has 1 aromatic carbocycles. The summed E-state index contributed by atoms with van der Waals surface area (Å²) in [6.07, 6.45) is 7.42. The number of piperidine rings is 1. The molecule has 25 heavy (non-hydrogen) atoms. The predicted octanol–water partition coefficient (Wildman–Crippen LogP) is 3.50. The van der Waals surface area contributed by atoms with Crippen molar-refractivity contribution in [2.24, 2.45) is 11.8 Å². The van der Waals surface area contributed by atoms with Crippen LogP contribution in [0.15, 0.2) is 24.3 Å². The highest BCUT2D eigenvalue weighted by atomic mass is 35.5. The molecule has 1 heterocycles. The van der Waals surface area contributed by atoms with Crippen molar-refractivity contribution in [1.82, 2.24) is 10.2 Å². The molecule has 0 aromatic heterocycles. The molecule has 5 heteroatoms. The van der Waals surface area contributed by atoms with E-state index in [0.29, 0.717) is 12.0 Å². The van der Waals surface area contributed by atoms with E-state index < -0.39 is 0 Å². The van der Waals surface area contributed by atoms with Gasteiger partial charge in [0.15, 0.2) is 0 Å². The third-order valence-corrected chi connectivity index (χ3v) is 5.46. The second-order valence-corrected chi connectivity index (χ2v) is 7.67. The number of hydrogen-bond donors (Lipinski definition) is 1. The maximum absolute atomic E-state index is 12.9. The first-order valence-electron chi connectivity index (χ1n) is 9.54. The van der Waals surface area contributed by atoms with Crippen molar-refractivity contribution in [3.63, 3.8) is 0 Å². The largest absolute Gasteiger partial charge is 0.492 e. The lowest BCUT2D eigenvalue weighted by Crippen LogP contribution is -2.45. The number of rotatable bonds is 7. The molecule has 1 N–H and O–H groups in total. The second kappa shape index (κ2) is 8.41. The van der Waals surface area contributed by atoms with Crippen LogP contribution in [-0.4, -0.2) is 43.1 Å². The summed E-state index contributed by atoms with van der Waals surface area (Å²) in [6.45, 7) is 3.60. The summed E-state index contributed by atoms with van der Waals surface area (Å²) >= 11 is 0. The van der Waals surface area contributed by atoms with Crippen molar-refractivity contribution in [3.8, 4) is 5.75 Å². The average Bonchev–Trinajstić information content (AvgIpc) is 3.53. The van der Waals surface area contributed by atoms with Crippen molar-refractivity contribution >= 4 is 18.3 Å². The first kappa shape index (κ1) is 18.5. The summed E-state index contributed by atoms with van der Waals surface area (Å²) in [4.78, 5) is 14.9. The van der Waals surface area contributed by atoms with Crippen molar-refractivity contribution < 1.29 is 9.53 Å². The maximum atomic E-state index is 12.9.